The van der Waals surface area contributed by atoms with Gasteiger partial charge in [0.15, 0.2) is 5.82 Å². The highest BCUT2D eigenvalue weighted by Crippen LogP contribution is 2.24. The van der Waals surface area contributed by atoms with Gasteiger partial charge < -0.3 is 15.5 Å². The van der Waals surface area contributed by atoms with E-state index in [4.69, 9.17) is 0 Å². The normalized spacial score (nSPS) is 16.1. The van der Waals surface area contributed by atoms with Crippen LogP contribution in [-0.4, -0.2) is 41.1 Å². The number of piperidine rings is 1. The standard InChI is InChI=1S/C23H24FN5O2/c1-15(30)25-19-5-2-4-17(12-19)23(31)26-20-6-3-11-29(14-20)22-13-21(27-28-22)16-7-9-18(24)10-8-16/h2,4-5,7-10,12-13,20H,3,6,11,14H2,1H3,(H,25,30)(H,26,31)(H,27,28). The van der Waals surface area contributed by atoms with Crippen molar-refractivity contribution >= 4 is 23.3 Å². The fraction of sp³-hybridized carbons (Fsp3) is 0.261. The number of carbonyl (C=O) groups excluding carboxylic acids is 2. The maximum absolute atomic E-state index is 13.2. The highest BCUT2D eigenvalue weighted by atomic mass is 19.1. The first-order valence-corrected chi connectivity index (χ1v) is 10.2. The Hall–Kier alpha value is -3.68. The summed E-state index contributed by atoms with van der Waals surface area (Å²) in [5, 5.41) is 13.2. The number of hydrogen-bond donors (Lipinski definition) is 3. The molecular weight excluding hydrogens is 397 g/mol. The molecule has 1 saturated heterocycles. The topological polar surface area (TPSA) is 90.1 Å². The third-order valence-corrected chi connectivity index (χ3v) is 5.25. The van der Waals surface area contributed by atoms with E-state index in [1.54, 1.807) is 36.4 Å². The van der Waals surface area contributed by atoms with E-state index < -0.39 is 0 Å². The Morgan fingerprint density at radius 1 is 1.16 bits per heavy atom. The number of nitrogens with one attached hydrogen (secondary N) is 3. The van der Waals surface area contributed by atoms with Crippen molar-refractivity contribution in [3.05, 3.63) is 66.0 Å². The van der Waals surface area contributed by atoms with Crippen LogP contribution in [0.5, 0.6) is 0 Å². The van der Waals surface area contributed by atoms with Gasteiger partial charge in [0.1, 0.15) is 5.82 Å². The SMILES string of the molecule is CC(=O)Nc1cccc(C(=O)NC2CCCN(c3cc(-c4ccc(F)cc4)[nH]n3)C2)c1. The Bertz CT molecular complexity index is 1080. The summed E-state index contributed by atoms with van der Waals surface area (Å²) in [6.45, 7) is 2.92. The van der Waals surface area contributed by atoms with Gasteiger partial charge in [0.2, 0.25) is 5.91 Å². The maximum atomic E-state index is 13.2. The second-order valence-electron chi connectivity index (χ2n) is 7.67. The first-order valence-electron chi connectivity index (χ1n) is 10.2. The van der Waals surface area contributed by atoms with E-state index in [0.29, 0.717) is 17.8 Å². The van der Waals surface area contributed by atoms with Crippen LogP contribution in [0.4, 0.5) is 15.9 Å². The summed E-state index contributed by atoms with van der Waals surface area (Å²) in [5.41, 5.74) is 2.77. The van der Waals surface area contributed by atoms with Crippen molar-refractivity contribution in [3.8, 4) is 11.3 Å². The predicted octanol–water partition coefficient (Wildman–Crippen LogP) is 3.57. The molecule has 1 atom stereocenters. The van der Waals surface area contributed by atoms with Crippen LogP contribution < -0.4 is 15.5 Å². The zero-order valence-electron chi connectivity index (χ0n) is 17.2. The number of hydrogen-bond acceptors (Lipinski definition) is 4. The van der Waals surface area contributed by atoms with E-state index in [0.717, 1.165) is 36.5 Å². The van der Waals surface area contributed by atoms with Crippen LogP contribution in [0.2, 0.25) is 0 Å². The Balaban J connectivity index is 1.40. The number of aromatic nitrogens is 2. The second kappa shape index (κ2) is 8.99. The number of amides is 2. The lowest BCUT2D eigenvalue weighted by Crippen LogP contribution is -2.48. The number of benzene rings is 2. The lowest BCUT2D eigenvalue weighted by atomic mass is 10.0. The Morgan fingerprint density at radius 3 is 2.74 bits per heavy atom. The molecule has 1 aromatic heterocycles. The number of anilines is 2. The van der Waals surface area contributed by atoms with Gasteiger partial charge in [0.25, 0.3) is 5.91 Å². The second-order valence-corrected chi connectivity index (χ2v) is 7.67. The van der Waals surface area contributed by atoms with E-state index in [1.165, 1.54) is 19.1 Å². The predicted molar refractivity (Wildman–Crippen MR) is 117 cm³/mol. The average molecular weight is 421 g/mol. The van der Waals surface area contributed by atoms with E-state index in [-0.39, 0.29) is 23.7 Å². The minimum Gasteiger partial charge on any atom is -0.353 e. The summed E-state index contributed by atoms with van der Waals surface area (Å²) in [5.74, 6) is 0.166. The number of halogens is 1. The van der Waals surface area contributed by atoms with Gasteiger partial charge in [0, 0.05) is 43.4 Å². The summed E-state index contributed by atoms with van der Waals surface area (Å²) < 4.78 is 13.2. The number of nitrogens with zero attached hydrogens (tertiary/aromatic N) is 2. The van der Waals surface area contributed by atoms with Crippen molar-refractivity contribution in [2.45, 2.75) is 25.8 Å². The number of H-pyrrole nitrogens is 1. The molecule has 1 aliphatic heterocycles. The summed E-state index contributed by atoms with van der Waals surface area (Å²) in [6.07, 6.45) is 1.80. The van der Waals surface area contributed by atoms with Gasteiger partial charge in [-0.25, -0.2) is 4.39 Å². The molecule has 0 spiro atoms. The molecule has 7 nitrogen and oxygen atoms in total. The maximum Gasteiger partial charge on any atom is 0.251 e. The lowest BCUT2D eigenvalue weighted by Gasteiger charge is -2.33. The molecule has 0 aliphatic carbocycles. The fourth-order valence-electron chi connectivity index (χ4n) is 3.76. The molecule has 0 bridgehead atoms. The van der Waals surface area contributed by atoms with Crippen LogP contribution in [0, 0.1) is 5.82 Å². The van der Waals surface area contributed by atoms with Crippen molar-refractivity contribution < 1.29 is 14.0 Å². The minimum atomic E-state index is -0.277. The van der Waals surface area contributed by atoms with Gasteiger partial charge in [-0.2, -0.15) is 5.10 Å². The molecular formula is C23H24FN5O2. The van der Waals surface area contributed by atoms with Gasteiger partial charge in [-0.15, -0.1) is 0 Å². The molecule has 3 N–H and O–H groups in total. The first-order chi connectivity index (χ1) is 15.0. The van der Waals surface area contributed by atoms with Crippen LogP contribution in [0.25, 0.3) is 11.3 Å². The molecule has 2 amide bonds. The summed E-state index contributed by atoms with van der Waals surface area (Å²) >= 11 is 0. The largest absolute Gasteiger partial charge is 0.353 e. The van der Waals surface area contributed by atoms with Gasteiger partial charge in [0.05, 0.1) is 5.69 Å². The highest BCUT2D eigenvalue weighted by molar-refractivity contribution is 5.97. The number of aromatic amines is 1. The van der Waals surface area contributed by atoms with Crippen molar-refractivity contribution in [2.24, 2.45) is 0 Å². The molecule has 1 unspecified atom stereocenters. The molecule has 2 heterocycles. The summed E-state index contributed by atoms with van der Waals surface area (Å²) in [4.78, 5) is 26.1. The van der Waals surface area contributed by atoms with Crippen LogP contribution >= 0.6 is 0 Å². The molecule has 31 heavy (non-hydrogen) atoms. The zero-order valence-corrected chi connectivity index (χ0v) is 17.2. The van der Waals surface area contributed by atoms with Crippen LogP contribution in [-0.2, 0) is 4.79 Å². The van der Waals surface area contributed by atoms with Gasteiger partial charge in [-0.1, -0.05) is 6.07 Å². The number of rotatable bonds is 5. The Kier molecular flexibility index (Phi) is 5.97. The molecule has 3 aromatic rings. The van der Waals surface area contributed by atoms with Crippen LogP contribution in [0.3, 0.4) is 0 Å². The van der Waals surface area contributed by atoms with E-state index >= 15 is 0 Å². The summed E-state index contributed by atoms with van der Waals surface area (Å²) in [7, 11) is 0. The molecule has 4 rings (SSSR count). The Morgan fingerprint density at radius 2 is 1.97 bits per heavy atom. The zero-order chi connectivity index (χ0) is 21.8. The Labute approximate surface area is 179 Å². The van der Waals surface area contributed by atoms with Crippen molar-refractivity contribution in [1.82, 2.24) is 15.5 Å². The third-order valence-electron chi connectivity index (χ3n) is 5.25. The molecule has 8 heteroatoms. The van der Waals surface area contributed by atoms with Crippen molar-refractivity contribution in [2.75, 3.05) is 23.3 Å². The van der Waals surface area contributed by atoms with Gasteiger partial charge in [-0.05, 0) is 60.9 Å². The molecule has 2 aromatic carbocycles. The quantitative estimate of drug-likeness (QED) is 0.588. The fourth-order valence-corrected chi connectivity index (χ4v) is 3.76. The number of carbonyl (C=O) groups is 2. The third kappa shape index (κ3) is 5.09. The van der Waals surface area contributed by atoms with Crippen molar-refractivity contribution in [3.63, 3.8) is 0 Å². The monoisotopic (exact) mass is 421 g/mol. The highest BCUT2D eigenvalue weighted by Gasteiger charge is 2.24. The summed E-state index contributed by atoms with van der Waals surface area (Å²) in [6, 6.07) is 15.1. The molecule has 1 fully saturated rings. The minimum absolute atomic E-state index is 0.0170. The molecule has 1 aliphatic rings. The molecule has 0 radical (unpaired) electrons. The average Bonchev–Trinajstić information content (AvgIpc) is 3.24. The smallest absolute Gasteiger partial charge is 0.251 e. The van der Waals surface area contributed by atoms with Crippen molar-refractivity contribution in [1.29, 1.82) is 0 Å². The van der Waals surface area contributed by atoms with Crippen LogP contribution in [0.15, 0.2) is 54.6 Å². The first kappa shape index (κ1) is 20.6. The van der Waals surface area contributed by atoms with E-state index in [2.05, 4.69) is 25.7 Å². The molecule has 160 valence electrons. The molecule has 0 saturated carbocycles. The van der Waals surface area contributed by atoms with E-state index in [1.807, 2.05) is 6.07 Å². The van der Waals surface area contributed by atoms with Crippen LogP contribution in [0.1, 0.15) is 30.1 Å². The lowest BCUT2D eigenvalue weighted by molar-refractivity contribution is -0.114. The van der Waals surface area contributed by atoms with Gasteiger partial charge in [-0.3, -0.25) is 14.7 Å². The van der Waals surface area contributed by atoms with Gasteiger partial charge >= 0.3 is 0 Å². The van der Waals surface area contributed by atoms with E-state index in [9.17, 15) is 14.0 Å².